The minimum absolute atomic E-state index is 0.167. The van der Waals surface area contributed by atoms with Crippen LogP contribution in [0.25, 0.3) is 0 Å². The van der Waals surface area contributed by atoms with Gasteiger partial charge in [0.05, 0.1) is 11.4 Å². The number of hydrogen-bond acceptors (Lipinski definition) is 4. The van der Waals surface area contributed by atoms with E-state index in [4.69, 9.17) is 11.6 Å². The minimum Gasteiger partial charge on any atom is -0.325 e. The third kappa shape index (κ3) is 5.32. The van der Waals surface area contributed by atoms with Crippen LogP contribution in [-0.2, 0) is 21.4 Å². The topological polar surface area (TPSA) is 69.7 Å². The van der Waals surface area contributed by atoms with Crippen molar-refractivity contribution < 1.29 is 13.2 Å². The molecule has 1 aliphatic heterocycles. The molecule has 0 aromatic heterocycles. The average Bonchev–Trinajstić information content (AvgIpc) is 3.17. The number of rotatable bonds is 7. The lowest BCUT2D eigenvalue weighted by molar-refractivity contribution is -0.117. The Kier molecular flexibility index (Phi) is 6.72. The number of nitrogens with zero attached hydrogens (tertiary/aromatic N) is 2. The summed E-state index contributed by atoms with van der Waals surface area (Å²) in [5.41, 5.74) is 1.60. The van der Waals surface area contributed by atoms with Crippen molar-refractivity contribution in [1.29, 1.82) is 0 Å². The largest absolute Gasteiger partial charge is 0.325 e. The summed E-state index contributed by atoms with van der Waals surface area (Å²) in [4.78, 5) is 14.4. The van der Waals surface area contributed by atoms with E-state index in [1.807, 2.05) is 36.2 Å². The fourth-order valence-electron chi connectivity index (χ4n) is 3.24. The van der Waals surface area contributed by atoms with E-state index in [1.165, 1.54) is 4.31 Å². The van der Waals surface area contributed by atoms with Crippen LogP contribution in [0.3, 0.4) is 0 Å². The normalized spacial score (nSPS) is 15.1. The number of benzene rings is 2. The highest BCUT2D eigenvalue weighted by molar-refractivity contribution is 7.89. The van der Waals surface area contributed by atoms with Crippen LogP contribution in [0.15, 0.2) is 53.4 Å². The second-order valence-corrected chi connectivity index (χ2v) is 9.36. The van der Waals surface area contributed by atoms with Crippen LogP contribution in [0.1, 0.15) is 18.4 Å². The Hall–Kier alpha value is -1.93. The number of sulfonamides is 1. The van der Waals surface area contributed by atoms with Crippen LogP contribution in [0, 0.1) is 0 Å². The van der Waals surface area contributed by atoms with E-state index < -0.39 is 10.0 Å². The van der Waals surface area contributed by atoms with Crippen molar-refractivity contribution in [2.45, 2.75) is 24.3 Å². The highest BCUT2D eigenvalue weighted by Crippen LogP contribution is 2.22. The maximum atomic E-state index is 12.5. The van der Waals surface area contributed by atoms with Crippen molar-refractivity contribution in [2.24, 2.45) is 0 Å². The van der Waals surface area contributed by atoms with E-state index in [0.717, 1.165) is 18.4 Å². The predicted octanol–water partition coefficient (Wildman–Crippen LogP) is 3.20. The van der Waals surface area contributed by atoms with E-state index in [1.54, 1.807) is 24.3 Å². The van der Waals surface area contributed by atoms with Crippen LogP contribution in [0.5, 0.6) is 0 Å². The second-order valence-electron chi connectivity index (χ2n) is 6.99. The smallest absolute Gasteiger partial charge is 0.243 e. The molecule has 28 heavy (non-hydrogen) atoms. The van der Waals surface area contributed by atoms with Gasteiger partial charge < -0.3 is 5.32 Å². The Balaban J connectivity index is 1.55. The maximum Gasteiger partial charge on any atom is 0.243 e. The zero-order valence-electron chi connectivity index (χ0n) is 15.8. The molecule has 3 rings (SSSR count). The minimum atomic E-state index is -3.44. The first-order valence-electron chi connectivity index (χ1n) is 9.18. The zero-order chi connectivity index (χ0) is 20.1. The van der Waals surface area contributed by atoms with Gasteiger partial charge in [-0.3, -0.25) is 9.69 Å². The standard InChI is InChI=1S/C20H24ClN3O3S/c1-23(14-16-5-4-6-17(21)13-16)15-20(25)22-18-7-9-19(10-8-18)28(26,27)24-11-2-3-12-24/h4-10,13H,2-3,11-12,14-15H2,1H3,(H,22,25). The molecule has 2 aromatic carbocycles. The van der Waals surface area contributed by atoms with Crippen molar-refractivity contribution in [1.82, 2.24) is 9.21 Å². The Morgan fingerprint density at radius 3 is 2.46 bits per heavy atom. The third-order valence-electron chi connectivity index (χ3n) is 4.60. The van der Waals surface area contributed by atoms with Gasteiger partial charge in [-0.2, -0.15) is 4.31 Å². The summed E-state index contributed by atoms with van der Waals surface area (Å²) in [6, 6.07) is 13.8. The van der Waals surface area contributed by atoms with Crippen LogP contribution in [0.4, 0.5) is 5.69 Å². The fraction of sp³-hybridized carbons (Fsp3) is 0.350. The average molecular weight is 422 g/mol. The van der Waals surface area contributed by atoms with E-state index in [-0.39, 0.29) is 17.3 Å². The molecule has 0 aliphatic carbocycles. The van der Waals surface area contributed by atoms with Gasteiger partial charge in [-0.1, -0.05) is 23.7 Å². The van der Waals surface area contributed by atoms with Crippen LogP contribution in [0.2, 0.25) is 5.02 Å². The molecular formula is C20H24ClN3O3S. The van der Waals surface area contributed by atoms with E-state index in [2.05, 4.69) is 5.32 Å². The Bertz CT molecular complexity index is 926. The summed E-state index contributed by atoms with van der Waals surface area (Å²) in [6.07, 6.45) is 1.80. The first-order chi connectivity index (χ1) is 13.3. The van der Waals surface area contributed by atoms with Gasteiger partial charge >= 0.3 is 0 Å². The molecule has 0 bridgehead atoms. The van der Waals surface area contributed by atoms with Crippen molar-refractivity contribution in [3.63, 3.8) is 0 Å². The molecule has 2 aromatic rings. The highest BCUT2D eigenvalue weighted by atomic mass is 35.5. The molecule has 6 nitrogen and oxygen atoms in total. The van der Waals surface area contributed by atoms with E-state index in [0.29, 0.717) is 30.3 Å². The Labute approximate surface area is 171 Å². The summed E-state index contributed by atoms with van der Waals surface area (Å²) in [7, 11) is -1.59. The molecule has 150 valence electrons. The first-order valence-corrected chi connectivity index (χ1v) is 11.0. The summed E-state index contributed by atoms with van der Waals surface area (Å²) >= 11 is 5.98. The molecule has 1 aliphatic rings. The molecule has 0 saturated carbocycles. The molecule has 1 amide bonds. The monoisotopic (exact) mass is 421 g/mol. The molecule has 0 atom stereocenters. The molecule has 1 fully saturated rings. The zero-order valence-corrected chi connectivity index (χ0v) is 17.3. The summed E-state index contributed by atoms with van der Waals surface area (Å²) in [6.45, 7) is 1.95. The summed E-state index contributed by atoms with van der Waals surface area (Å²) in [5, 5.41) is 3.47. The van der Waals surface area contributed by atoms with Gasteiger partial charge in [-0.05, 0) is 61.9 Å². The van der Waals surface area contributed by atoms with Gasteiger partial charge in [-0.25, -0.2) is 8.42 Å². The highest BCUT2D eigenvalue weighted by Gasteiger charge is 2.26. The lowest BCUT2D eigenvalue weighted by atomic mass is 10.2. The lowest BCUT2D eigenvalue weighted by Crippen LogP contribution is -2.30. The van der Waals surface area contributed by atoms with E-state index >= 15 is 0 Å². The van der Waals surface area contributed by atoms with E-state index in [9.17, 15) is 13.2 Å². The number of halogens is 1. The van der Waals surface area contributed by atoms with Gasteiger partial charge in [0.15, 0.2) is 0 Å². The number of anilines is 1. The molecule has 1 saturated heterocycles. The molecule has 0 spiro atoms. The molecule has 0 radical (unpaired) electrons. The number of nitrogens with one attached hydrogen (secondary N) is 1. The molecule has 1 heterocycles. The number of hydrogen-bond donors (Lipinski definition) is 1. The number of carbonyl (C=O) groups is 1. The number of carbonyl (C=O) groups excluding carboxylic acids is 1. The van der Waals surface area contributed by atoms with Crippen molar-refractivity contribution in [2.75, 3.05) is 32.0 Å². The van der Waals surface area contributed by atoms with Gasteiger partial charge in [0, 0.05) is 30.3 Å². The fourth-order valence-corrected chi connectivity index (χ4v) is 4.97. The summed E-state index contributed by atoms with van der Waals surface area (Å²) < 4.78 is 26.6. The SMILES string of the molecule is CN(CC(=O)Nc1ccc(S(=O)(=O)N2CCCC2)cc1)Cc1cccc(Cl)c1. The van der Waals surface area contributed by atoms with Gasteiger partial charge in [-0.15, -0.1) is 0 Å². The second kappa shape index (κ2) is 9.05. The molecule has 8 heteroatoms. The number of likely N-dealkylation sites (N-methyl/N-ethyl adjacent to an activating group) is 1. The Morgan fingerprint density at radius 2 is 1.82 bits per heavy atom. The quantitative estimate of drug-likeness (QED) is 0.745. The Morgan fingerprint density at radius 1 is 1.14 bits per heavy atom. The van der Waals surface area contributed by atoms with Crippen molar-refractivity contribution in [3.05, 3.63) is 59.1 Å². The van der Waals surface area contributed by atoms with Gasteiger partial charge in [0.1, 0.15) is 0 Å². The van der Waals surface area contributed by atoms with Gasteiger partial charge in [0.2, 0.25) is 15.9 Å². The lowest BCUT2D eigenvalue weighted by Gasteiger charge is -2.17. The molecule has 1 N–H and O–H groups in total. The van der Waals surface area contributed by atoms with Crippen molar-refractivity contribution in [3.8, 4) is 0 Å². The van der Waals surface area contributed by atoms with Crippen molar-refractivity contribution >= 4 is 33.2 Å². The van der Waals surface area contributed by atoms with Crippen LogP contribution >= 0.6 is 11.6 Å². The molecule has 0 unspecified atom stereocenters. The van der Waals surface area contributed by atoms with Crippen LogP contribution in [-0.4, -0.2) is 50.2 Å². The number of amides is 1. The third-order valence-corrected chi connectivity index (χ3v) is 6.74. The first kappa shape index (κ1) is 20.8. The maximum absolute atomic E-state index is 12.5. The predicted molar refractivity (Wildman–Crippen MR) is 111 cm³/mol. The van der Waals surface area contributed by atoms with Gasteiger partial charge in [0.25, 0.3) is 0 Å². The summed E-state index contributed by atoms with van der Waals surface area (Å²) in [5.74, 6) is -0.167. The van der Waals surface area contributed by atoms with Crippen LogP contribution < -0.4 is 5.32 Å². The molecular weight excluding hydrogens is 398 g/mol.